The lowest BCUT2D eigenvalue weighted by Crippen LogP contribution is -2.30. The van der Waals surface area contributed by atoms with Crippen LogP contribution in [0.1, 0.15) is 25.8 Å². The maximum atomic E-state index is 5.98. The first-order valence-electron chi connectivity index (χ1n) is 6.82. The van der Waals surface area contributed by atoms with Gasteiger partial charge in [-0.05, 0) is 43.2 Å². The predicted octanol–water partition coefficient (Wildman–Crippen LogP) is 3.84. The largest absolute Gasteiger partial charge is 0.372 e. The van der Waals surface area contributed by atoms with Gasteiger partial charge >= 0.3 is 0 Å². The molecule has 1 aromatic carbocycles. The van der Waals surface area contributed by atoms with E-state index in [9.17, 15) is 0 Å². The van der Waals surface area contributed by atoms with Gasteiger partial charge < -0.3 is 10.6 Å². The van der Waals surface area contributed by atoms with Crippen LogP contribution in [0.15, 0.2) is 23.1 Å². The van der Waals surface area contributed by atoms with Gasteiger partial charge in [0.2, 0.25) is 0 Å². The van der Waals surface area contributed by atoms with Crippen LogP contribution >= 0.6 is 23.5 Å². The second-order valence-corrected chi connectivity index (χ2v) is 6.92. The molecule has 0 amide bonds. The second kappa shape index (κ2) is 8.77. The van der Waals surface area contributed by atoms with Crippen LogP contribution in [0.5, 0.6) is 0 Å². The van der Waals surface area contributed by atoms with Gasteiger partial charge in [-0.3, -0.25) is 0 Å². The highest BCUT2D eigenvalue weighted by Gasteiger charge is 2.15. The SMILES string of the molecule is CCSc1cccc(N(C)C(C)CCSC)c1CN. The summed E-state index contributed by atoms with van der Waals surface area (Å²) in [6.45, 7) is 5.08. The fourth-order valence-corrected chi connectivity index (χ4v) is 3.52. The number of hydrogen-bond acceptors (Lipinski definition) is 4. The molecule has 2 nitrogen and oxygen atoms in total. The van der Waals surface area contributed by atoms with Crippen molar-refractivity contribution in [2.24, 2.45) is 5.73 Å². The number of benzene rings is 1. The standard InChI is InChI=1S/C15H26N2S2/c1-5-19-15-8-6-7-14(13(15)11-16)17(3)12(2)9-10-18-4/h6-8,12H,5,9-11,16H2,1-4H3. The minimum Gasteiger partial charge on any atom is -0.372 e. The maximum Gasteiger partial charge on any atom is 0.0422 e. The van der Waals surface area contributed by atoms with E-state index >= 15 is 0 Å². The number of anilines is 1. The van der Waals surface area contributed by atoms with Crippen LogP contribution < -0.4 is 10.6 Å². The summed E-state index contributed by atoms with van der Waals surface area (Å²) in [4.78, 5) is 3.70. The Morgan fingerprint density at radius 3 is 2.68 bits per heavy atom. The quantitative estimate of drug-likeness (QED) is 0.739. The highest BCUT2D eigenvalue weighted by atomic mass is 32.2. The van der Waals surface area contributed by atoms with Crippen molar-refractivity contribution in [3.8, 4) is 0 Å². The zero-order chi connectivity index (χ0) is 14.3. The van der Waals surface area contributed by atoms with Crippen molar-refractivity contribution in [2.45, 2.75) is 37.8 Å². The summed E-state index contributed by atoms with van der Waals surface area (Å²) in [5.41, 5.74) is 8.55. The summed E-state index contributed by atoms with van der Waals surface area (Å²) in [6, 6.07) is 7.06. The van der Waals surface area contributed by atoms with Crippen LogP contribution in [0.25, 0.3) is 0 Å². The van der Waals surface area contributed by atoms with Gasteiger partial charge in [-0.1, -0.05) is 13.0 Å². The van der Waals surface area contributed by atoms with E-state index in [0.29, 0.717) is 12.6 Å². The summed E-state index contributed by atoms with van der Waals surface area (Å²) in [6.07, 6.45) is 3.36. The summed E-state index contributed by atoms with van der Waals surface area (Å²) in [5, 5.41) is 0. The second-order valence-electron chi connectivity index (χ2n) is 4.63. The van der Waals surface area contributed by atoms with Crippen molar-refractivity contribution in [3.05, 3.63) is 23.8 Å². The Morgan fingerprint density at radius 2 is 2.11 bits per heavy atom. The molecule has 1 atom stereocenters. The molecule has 1 unspecified atom stereocenters. The number of nitrogens with zero attached hydrogens (tertiary/aromatic N) is 1. The van der Waals surface area contributed by atoms with Crippen LogP contribution in [-0.2, 0) is 6.54 Å². The number of nitrogens with two attached hydrogens (primary N) is 1. The molecule has 0 aliphatic carbocycles. The third-order valence-corrected chi connectivity index (χ3v) is 5.02. The number of hydrogen-bond donors (Lipinski definition) is 1. The average molecular weight is 299 g/mol. The van der Waals surface area contributed by atoms with Crippen LogP contribution in [0.2, 0.25) is 0 Å². The molecule has 0 aliphatic heterocycles. The molecule has 1 rings (SSSR count). The first kappa shape index (κ1) is 16.7. The van der Waals surface area contributed by atoms with Gasteiger partial charge in [0, 0.05) is 35.8 Å². The third kappa shape index (κ3) is 4.62. The Labute approximate surface area is 126 Å². The van der Waals surface area contributed by atoms with E-state index in [1.807, 2.05) is 23.5 Å². The van der Waals surface area contributed by atoms with E-state index in [1.54, 1.807) is 0 Å². The molecule has 0 saturated heterocycles. The maximum absolute atomic E-state index is 5.98. The van der Waals surface area contributed by atoms with Crippen LogP contribution in [-0.4, -0.2) is 30.9 Å². The number of rotatable bonds is 8. The van der Waals surface area contributed by atoms with Gasteiger partial charge in [0.1, 0.15) is 0 Å². The van der Waals surface area contributed by atoms with Gasteiger partial charge in [0.25, 0.3) is 0 Å². The molecule has 0 saturated carbocycles. The van der Waals surface area contributed by atoms with E-state index in [1.165, 1.54) is 28.3 Å². The van der Waals surface area contributed by atoms with Gasteiger partial charge in [-0.2, -0.15) is 11.8 Å². The van der Waals surface area contributed by atoms with Crippen molar-refractivity contribution in [3.63, 3.8) is 0 Å². The van der Waals surface area contributed by atoms with Gasteiger partial charge in [0.05, 0.1) is 0 Å². The highest BCUT2D eigenvalue weighted by Crippen LogP contribution is 2.31. The molecule has 0 fully saturated rings. The Hall–Kier alpha value is -0.320. The van der Waals surface area contributed by atoms with Crippen molar-refractivity contribution in [1.29, 1.82) is 0 Å². The lowest BCUT2D eigenvalue weighted by Gasteiger charge is -2.29. The zero-order valence-electron chi connectivity index (χ0n) is 12.5. The minimum absolute atomic E-state index is 0.541. The summed E-state index contributed by atoms with van der Waals surface area (Å²) < 4.78 is 0. The normalized spacial score (nSPS) is 12.5. The first-order chi connectivity index (χ1) is 9.15. The molecule has 19 heavy (non-hydrogen) atoms. The van der Waals surface area contributed by atoms with Gasteiger partial charge in [-0.15, -0.1) is 11.8 Å². The van der Waals surface area contributed by atoms with E-state index in [-0.39, 0.29) is 0 Å². The molecule has 0 bridgehead atoms. The van der Waals surface area contributed by atoms with Crippen molar-refractivity contribution >= 4 is 29.2 Å². The Balaban J connectivity index is 2.94. The molecule has 108 valence electrons. The van der Waals surface area contributed by atoms with Gasteiger partial charge in [0.15, 0.2) is 0 Å². The monoisotopic (exact) mass is 298 g/mol. The van der Waals surface area contributed by atoms with Crippen LogP contribution in [0, 0.1) is 0 Å². The molecule has 4 heteroatoms. The molecule has 1 aromatic rings. The van der Waals surface area contributed by atoms with E-state index in [2.05, 4.69) is 50.2 Å². The van der Waals surface area contributed by atoms with Crippen molar-refractivity contribution in [1.82, 2.24) is 0 Å². The molecule has 0 heterocycles. The van der Waals surface area contributed by atoms with Gasteiger partial charge in [-0.25, -0.2) is 0 Å². The van der Waals surface area contributed by atoms with Crippen LogP contribution in [0.3, 0.4) is 0 Å². The molecule has 0 radical (unpaired) electrons. The minimum atomic E-state index is 0.541. The summed E-state index contributed by atoms with van der Waals surface area (Å²) in [5.74, 6) is 2.29. The molecule has 0 spiro atoms. The van der Waals surface area contributed by atoms with E-state index in [0.717, 1.165) is 5.75 Å². The van der Waals surface area contributed by atoms with E-state index in [4.69, 9.17) is 5.73 Å². The molecule has 2 N–H and O–H groups in total. The molecular formula is C15H26N2S2. The summed E-state index contributed by atoms with van der Waals surface area (Å²) >= 11 is 3.79. The topological polar surface area (TPSA) is 29.3 Å². The zero-order valence-corrected chi connectivity index (χ0v) is 14.1. The highest BCUT2D eigenvalue weighted by molar-refractivity contribution is 7.99. The average Bonchev–Trinajstić information content (AvgIpc) is 2.44. The summed E-state index contributed by atoms with van der Waals surface area (Å²) in [7, 11) is 2.18. The molecule has 0 aliphatic rings. The fraction of sp³-hybridized carbons (Fsp3) is 0.600. The Morgan fingerprint density at radius 1 is 1.37 bits per heavy atom. The Kier molecular flexibility index (Phi) is 7.73. The lowest BCUT2D eigenvalue weighted by atomic mass is 10.1. The fourth-order valence-electron chi connectivity index (χ4n) is 2.10. The third-order valence-electron chi connectivity index (χ3n) is 3.39. The number of thioether (sulfide) groups is 2. The van der Waals surface area contributed by atoms with Crippen molar-refractivity contribution in [2.75, 3.05) is 29.7 Å². The lowest BCUT2D eigenvalue weighted by molar-refractivity contribution is 0.665. The van der Waals surface area contributed by atoms with Crippen LogP contribution in [0.4, 0.5) is 5.69 Å². The predicted molar refractivity (Wildman–Crippen MR) is 91.6 cm³/mol. The smallest absolute Gasteiger partial charge is 0.0422 e. The first-order valence-corrected chi connectivity index (χ1v) is 9.20. The molecular weight excluding hydrogens is 272 g/mol. The Bertz CT molecular complexity index is 382. The van der Waals surface area contributed by atoms with Crippen molar-refractivity contribution < 1.29 is 0 Å². The van der Waals surface area contributed by atoms with E-state index < -0.39 is 0 Å². The molecule has 0 aromatic heterocycles.